The first-order valence-corrected chi connectivity index (χ1v) is 8.61. The Hall–Kier alpha value is -2.28. The molecule has 0 radical (unpaired) electrons. The van der Waals surface area contributed by atoms with E-state index < -0.39 is 12.2 Å². The monoisotopic (exact) mass is 338 g/mol. The number of fused-ring (bicyclic) bond motifs is 1. The number of aliphatic hydroxyl groups excluding tert-OH is 2. The molecule has 1 fully saturated rings. The van der Waals surface area contributed by atoms with E-state index in [2.05, 4.69) is 45.5 Å². The Morgan fingerprint density at radius 3 is 2.76 bits per heavy atom. The molecule has 2 aromatic carbocycles. The number of nitrogens with zero attached hydrogens (tertiary/aromatic N) is 4. The SMILES string of the molecule is OC(Cc1ccc2ccccc2c1)CN1C[C@@H](O)[C@H](n2ccnn2)C1. The molecule has 1 saturated heterocycles. The van der Waals surface area contributed by atoms with Gasteiger partial charge in [0.15, 0.2) is 0 Å². The fraction of sp³-hybridized carbons (Fsp3) is 0.368. The molecule has 3 atom stereocenters. The number of hydrogen-bond donors (Lipinski definition) is 2. The third-order valence-corrected chi connectivity index (χ3v) is 4.87. The van der Waals surface area contributed by atoms with Crippen molar-refractivity contribution in [1.82, 2.24) is 19.9 Å². The van der Waals surface area contributed by atoms with Crippen molar-refractivity contribution >= 4 is 10.8 Å². The standard InChI is InChI=1S/C19H22N4O2/c24-17(10-14-5-6-15-3-1-2-4-16(15)9-14)11-22-12-18(19(25)13-22)23-8-7-20-21-23/h1-9,17-19,24-25H,10-13H2/t17?,18-,19-/m1/s1. The number of β-amino-alcohol motifs (C(OH)–C–C–N with tert-alkyl or cyclic N) is 2. The third kappa shape index (κ3) is 3.56. The molecule has 1 aliphatic heterocycles. The van der Waals surface area contributed by atoms with Crippen LogP contribution in [0.2, 0.25) is 0 Å². The van der Waals surface area contributed by atoms with Gasteiger partial charge in [-0.3, -0.25) is 4.90 Å². The third-order valence-electron chi connectivity index (χ3n) is 4.87. The number of rotatable bonds is 5. The van der Waals surface area contributed by atoms with Crippen molar-refractivity contribution in [1.29, 1.82) is 0 Å². The molecular formula is C19H22N4O2. The van der Waals surface area contributed by atoms with Crippen LogP contribution < -0.4 is 0 Å². The number of benzene rings is 2. The van der Waals surface area contributed by atoms with E-state index in [0.717, 1.165) is 5.56 Å². The normalized spacial score (nSPS) is 22.5. The van der Waals surface area contributed by atoms with Crippen LogP contribution >= 0.6 is 0 Å². The first kappa shape index (κ1) is 16.2. The molecule has 4 rings (SSSR count). The second kappa shape index (κ2) is 6.92. The van der Waals surface area contributed by atoms with Gasteiger partial charge in [0.1, 0.15) is 0 Å². The van der Waals surface area contributed by atoms with Gasteiger partial charge in [-0.25, -0.2) is 4.68 Å². The smallest absolute Gasteiger partial charge is 0.0934 e. The summed E-state index contributed by atoms with van der Waals surface area (Å²) in [7, 11) is 0. The fourth-order valence-corrected chi connectivity index (χ4v) is 3.65. The summed E-state index contributed by atoms with van der Waals surface area (Å²) in [4.78, 5) is 2.09. The van der Waals surface area contributed by atoms with Gasteiger partial charge >= 0.3 is 0 Å². The van der Waals surface area contributed by atoms with E-state index >= 15 is 0 Å². The molecule has 2 N–H and O–H groups in total. The molecule has 130 valence electrons. The van der Waals surface area contributed by atoms with Crippen LogP contribution in [0.25, 0.3) is 10.8 Å². The van der Waals surface area contributed by atoms with Gasteiger partial charge in [0.25, 0.3) is 0 Å². The van der Waals surface area contributed by atoms with E-state index in [0.29, 0.717) is 26.1 Å². The molecule has 1 unspecified atom stereocenters. The predicted molar refractivity (Wildman–Crippen MR) is 95.2 cm³/mol. The van der Waals surface area contributed by atoms with Crippen LogP contribution in [0.5, 0.6) is 0 Å². The number of hydrogen-bond acceptors (Lipinski definition) is 5. The molecule has 0 spiro atoms. The van der Waals surface area contributed by atoms with Crippen molar-refractivity contribution in [2.45, 2.75) is 24.7 Å². The van der Waals surface area contributed by atoms with Gasteiger partial charge in [-0.05, 0) is 22.8 Å². The summed E-state index contributed by atoms with van der Waals surface area (Å²) in [5.74, 6) is 0. The quantitative estimate of drug-likeness (QED) is 0.732. The van der Waals surface area contributed by atoms with E-state index in [1.165, 1.54) is 10.8 Å². The minimum absolute atomic E-state index is 0.102. The van der Waals surface area contributed by atoms with Crippen LogP contribution in [0.1, 0.15) is 11.6 Å². The van der Waals surface area contributed by atoms with Crippen LogP contribution in [0.15, 0.2) is 54.9 Å². The Morgan fingerprint density at radius 1 is 1.12 bits per heavy atom. The summed E-state index contributed by atoms with van der Waals surface area (Å²) in [5, 5.41) is 30.9. The van der Waals surface area contributed by atoms with Crippen molar-refractivity contribution < 1.29 is 10.2 Å². The first-order valence-electron chi connectivity index (χ1n) is 8.61. The molecule has 6 heteroatoms. The van der Waals surface area contributed by atoms with Gasteiger partial charge in [-0.2, -0.15) is 0 Å². The summed E-state index contributed by atoms with van der Waals surface area (Å²) >= 11 is 0. The zero-order chi connectivity index (χ0) is 17.2. The average molecular weight is 338 g/mol. The Bertz CT molecular complexity index is 836. The highest BCUT2D eigenvalue weighted by molar-refractivity contribution is 5.82. The van der Waals surface area contributed by atoms with Crippen LogP contribution in [0.3, 0.4) is 0 Å². The predicted octanol–water partition coefficient (Wildman–Crippen LogP) is 1.25. The van der Waals surface area contributed by atoms with Crippen molar-refractivity contribution in [3.8, 4) is 0 Å². The van der Waals surface area contributed by atoms with Crippen molar-refractivity contribution in [3.63, 3.8) is 0 Å². The van der Waals surface area contributed by atoms with Gasteiger partial charge in [-0.15, -0.1) is 5.10 Å². The molecule has 0 bridgehead atoms. The van der Waals surface area contributed by atoms with Gasteiger partial charge < -0.3 is 10.2 Å². The largest absolute Gasteiger partial charge is 0.391 e. The van der Waals surface area contributed by atoms with Crippen LogP contribution in [0.4, 0.5) is 0 Å². The summed E-state index contributed by atoms with van der Waals surface area (Å²) in [5.41, 5.74) is 1.12. The Morgan fingerprint density at radius 2 is 1.96 bits per heavy atom. The lowest BCUT2D eigenvalue weighted by atomic mass is 10.0. The topological polar surface area (TPSA) is 74.4 Å². The van der Waals surface area contributed by atoms with Gasteiger partial charge in [0.2, 0.25) is 0 Å². The number of aliphatic hydroxyl groups is 2. The lowest BCUT2D eigenvalue weighted by Crippen LogP contribution is -2.32. The molecule has 1 aliphatic rings. The molecule has 1 aromatic heterocycles. The minimum atomic E-state index is -0.491. The summed E-state index contributed by atoms with van der Waals surface area (Å²) in [6, 6.07) is 14.4. The molecule has 0 aliphatic carbocycles. The molecule has 0 amide bonds. The highest BCUT2D eigenvalue weighted by Crippen LogP contribution is 2.22. The van der Waals surface area contributed by atoms with Crippen LogP contribution in [0, 0.1) is 0 Å². The van der Waals surface area contributed by atoms with E-state index in [1.807, 2.05) is 12.1 Å². The summed E-state index contributed by atoms with van der Waals surface area (Å²) in [6.45, 7) is 1.74. The zero-order valence-corrected chi connectivity index (χ0v) is 13.9. The first-order chi connectivity index (χ1) is 12.2. The number of aromatic nitrogens is 3. The van der Waals surface area contributed by atoms with Gasteiger partial charge in [-0.1, -0.05) is 47.7 Å². The van der Waals surface area contributed by atoms with Crippen LogP contribution in [-0.2, 0) is 6.42 Å². The Balaban J connectivity index is 1.37. The molecular weight excluding hydrogens is 316 g/mol. The van der Waals surface area contributed by atoms with Gasteiger partial charge in [0.05, 0.1) is 24.4 Å². The molecule has 6 nitrogen and oxygen atoms in total. The lowest BCUT2D eigenvalue weighted by Gasteiger charge is -2.20. The van der Waals surface area contributed by atoms with Crippen LogP contribution in [-0.4, -0.2) is 61.9 Å². The second-order valence-electron chi connectivity index (χ2n) is 6.78. The molecule has 3 aromatic rings. The van der Waals surface area contributed by atoms with E-state index in [1.54, 1.807) is 17.1 Å². The Labute approximate surface area is 146 Å². The maximum absolute atomic E-state index is 10.5. The molecule has 2 heterocycles. The highest BCUT2D eigenvalue weighted by atomic mass is 16.3. The lowest BCUT2D eigenvalue weighted by molar-refractivity contribution is 0.111. The zero-order valence-electron chi connectivity index (χ0n) is 13.9. The second-order valence-corrected chi connectivity index (χ2v) is 6.78. The van der Waals surface area contributed by atoms with E-state index in [4.69, 9.17) is 0 Å². The highest BCUT2D eigenvalue weighted by Gasteiger charge is 2.33. The minimum Gasteiger partial charge on any atom is -0.391 e. The summed E-state index contributed by atoms with van der Waals surface area (Å²) < 4.78 is 1.69. The van der Waals surface area contributed by atoms with Crippen molar-refractivity contribution in [3.05, 3.63) is 60.4 Å². The van der Waals surface area contributed by atoms with Gasteiger partial charge in [0, 0.05) is 25.8 Å². The van der Waals surface area contributed by atoms with Crippen molar-refractivity contribution in [2.24, 2.45) is 0 Å². The number of likely N-dealkylation sites (tertiary alicyclic amines) is 1. The molecule has 0 saturated carbocycles. The fourth-order valence-electron chi connectivity index (χ4n) is 3.65. The maximum Gasteiger partial charge on any atom is 0.0934 e. The maximum atomic E-state index is 10.5. The van der Waals surface area contributed by atoms with E-state index in [9.17, 15) is 10.2 Å². The Kier molecular flexibility index (Phi) is 4.48. The summed E-state index contributed by atoms with van der Waals surface area (Å²) in [6.07, 6.45) is 3.02. The molecule has 25 heavy (non-hydrogen) atoms. The van der Waals surface area contributed by atoms with Crippen molar-refractivity contribution in [2.75, 3.05) is 19.6 Å². The average Bonchev–Trinajstić information content (AvgIpc) is 3.24. The van der Waals surface area contributed by atoms with E-state index in [-0.39, 0.29) is 6.04 Å².